The van der Waals surface area contributed by atoms with Crippen LogP contribution in [0.2, 0.25) is 0 Å². The summed E-state index contributed by atoms with van der Waals surface area (Å²) in [6.45, 7) is -0.589. The molecule has 1 aliphatic carbocycles. The Bertz CT molecular complexity index is 1150. The molecule has 2 aromatic rings. The fourth-order valence-corrected chi connectivity index (χ4v) is 4.52. The van der Waals surface area contributed by atoms with Crippen molar-refractivity contribution in [1.82, 2.24) is 16.0 Å². The molecule has 7 nitrogen and oxygen atoms in total. The first-order valence-electron chi connectivity index (χ1n) is 12.4. The smallest absolute Gasteiger partial charge is 0.406 e. The van der Waals surface area contributed by atoms with Crippen LogP contribution in [0.15, 0.2) is 48.5 Å². The Morgan fingerprint density at radius 2 is 1.32 bits per heavy atom. The molecule has 0 heterocycles. The summed E-state index contributed by atoms with van der Waals surface area (Å²) in [7, 11) is 0. The predicted octanol–water partition coefficient (Wildman–Crippen LogP) is 6.13. The third-order valence-corrected chi connectivity index (χ3v) is 6.16. The monoisotopic (exact) mass is 597 g/mol. The standard InChI is InChI=1S/C26H27F8N3O4/c1-23(27,28)15-35-21(38)14-24(37-22(39)36-18-8-2-3-9-18,16-6-4-10-19(12-16)40-25(29,30)31)17-7-5-11-20(13-17)41-26(32,33)34/h4-7,10-13,18H,2-3,8-9,14-15H2,1H3,(H,35,38)(H2,36,37,39). The minimum atomic E-state index is -5.13. The van der Waals surface area contributed by atoms with Crippen molar-refractivity contribution in [2.75, 3.05) is 6.54 Å². The molecule has 0 aliphatic heterocycles. The molecule has 3 amide bonds. The van der Waals surface area contributed by atoms with Gasteiger partial charge in [0.1, 0.15) is 17.0 Å². The first kappa shape index (κ1) is 31.7. The van der Waals surface area contributed by atoms with Crippen LogP contribution < -0.4 is 25.4 Å². The second kappa shape index (κ2) is 12.4. The van der Waals surface area contributed by atoms with Gasteiger partial charge in [0.25, 0.3) is 5.92 Å². The lowest BCUT2D eigenvalue weighted by atomic mass is 9.79. The Balaban J connectivity index is 2.16. The van der Waals surface area contributed by atoms with Gasteiger partial charge in [-0.15, -0.1) is 26.3 Å². The summed E-state index contributed by atoms with van der Waals surface area (Å²) in [5.74, 6) is -5.95. The SMILES string of the molecule is CC(F)(F)CNC(=O)CC(NC(=O)NC1CCCC1)(c1cccc(OC(F)(F)F)c1)c1cccc(OC(F)(F)F)c1. The van der Waals surface area contributed by atoms with E-state index < -0.39 is 60.6 Å². The lowest BCUT2D eigenvalue weighted by molar-refractivity contribution is -0.275. The van der Waals surface area contributed by atoms with Crippen LogP contribution in [0.3, 0.4) is 0 Å². The molecule has 1 saturated carbocycles. The maximum absolute atomic E-state index is 13.5. The fourth-order valence-electron chi connectivity index (χ4n) is 4.52. The molecule has 0 radical (unpaired) electrons. The van der Waals surface area contributed by atoms with E-state index in [-0.39, 0.29) is 17.2 Å². The fraction of sp³-hybridized carbons (Fsp3) is 0.462. The van der Waals surface area contributed by atoms with E-state index in [0.717, 1.165) is 49.2 Å². The molecule has 3 N–H and O–H groups in total. The van der Waals surface area contributed by atoms with Crippen LogP contribution in [0.1, 0.15) is 50.2 Å². The number of nitrogens with one attached hydrogen (secondary N) is 3. The number of rotatable bonds is 10. The van der Waals surface area contributed by atoms with Gasteiger partial charge in [-0.3, -0.25) is 4.79 Å². The molecule has 0 unspecified atom stereocenters. The van der Waals surface area contributed by atoms with Gasteiger partial charge in [-0.25, -0.2) is 13.6 Å². The molecule has 1 fully saturated rings. The molecular weight excluding hydrogens is 570 g/mol. The van der Waals surface area contributed by atoms with Gasteiger partial charge < -0.3 is 25.4 Å². The van der Waals surface area contributed by atoms with Crippen molar-refractivity contribution in [1.29, 1.82) is 0 Å². The number of amides is 3. The predicted molar refractivity (Wildman–Crippen MR) is 129 cm³/mol. The molecule has 0 atom stereocenters. The average Bonchev–Trinajstić information content (AvgIpc) is 3.33. The molecule has 0 spiro atoms. The molecule has 0 saturated heterocycles. The van der Waals surface area contributed by atoms with Crippen molar-refractivity contribution in [2.24, 2.45) is 0 Å². The third-order valence-electron chi connectivity index (χ3n) is 6.16. The number of halogens is 8. The maximum Gasteiger partial charge on any atom is 0.573 e. The molecular formula is C26H27F8N3O4. The van der Waals surface area contributed by atoms with Crippen molar-refractivity contribution < 1.29 is 54.2 Å². The molecule has 0 aromatic heterocycles. The maximum atomic E-state index is 13.5. The van der Waals surface area contributed by atoms with Gasteiger partial charge in [-0.2, -0.15) is 0 Å². The van der Waals surface area contributed by atoms with Crippen LogP contribution in [0.5, 0.6) is 11.5 Å². The molecule has 1 aliphatic rings. The quantitative estimate of drug-likeness (QED) is 0.288. The number of alkyl halides is 8. The number of hydrogen-bond donors (Lipinski definition) is 3. The number of urea groups is 1. The molecule has 2 aromatic carbocycles. The highest BCUT2D eigenvalue weighted by Crippen LogP contribution is 2.38. The van der Waals surface area contributed by atoms with Crippen molar-refractivity contribution in [2.45, 2.75) is 69.3 Å². The highest BCUT2D eigenvalue weighted by molar-refractivity contribution is 5.82. The number of carbonyl (C=O) groups excluding carboxylic acids is 2. The average molecular weight is 598 g/mol. The van der Waals surface area contributed by atoms with E-state index in [0.29, 0.717) is 19.8 Å². The Morgan fingerprint density at radius 3 is 1.76 bits per heavy atom. The number of carbonyl (C=O) groups is 2. The van der Waals surface area contributed by atoms with Crippen molar-refractivity contribution in [3.8, 4) is 11.5 Å². The van der Waals surface area contributed by atoms with E-state index in [2.05, 4.69) is 20.1 Å². The molecule has 3 rings (SSSR count). The van der Waals surface area contributed by atoms with Gasteiger partial charge in [0, 0.05) is 13.0 Å². The van der Waals surface area contributed by atoms with Gasteiger partial charge in [-0.05, 0) is 48.2 Å². The highest BCUT2D eigenvalue weighted by atomic mass is 19.4. The molecule has 15 heteroatoms. The summed E-state index contributed by atoms with van der Waals surface area (Å²) in [6.07, 6.45) is -8.27. The first-order valence-corrected chi connectivity index (χ1v) is 12.4. The van der Waals surface area contributed by atoms with Gasteiger partial charge in [0.15, 0.2) is 0 Å². The van der Waals surface area contributed by atoms with Crippen LogP contribution in [0, 0.1) is 0 Å². The van der Waals surface area contributed by atoms with E-state index in [9.17, 15) is 44.7 Å². The summed E-state index contributed by atoms with van der Waals surface area (Å²) in [5, 5.41) is 7.20. The Hall–Kier alpha value is -3.78. The van der Waals surface area contributed by atoms with E-state index in [4.69, 9.17) is 0 Å². The summed E-state index contributed by atoms with van der Waals surface area (Å²) in [4.78, 5) is 26.2. The van der Waals surface area contributed by atoms with Crippen molar-refractivity contribution in [3.63, 3.8) is 0 Å². The Labute approximate surface area is 229 Å². The minimum absolute atomic E-state index is 0.219. The summed E-state index contributed by atoms with van der Waals surface area (Å²) < 4.78 is 113. The first-order chi connectivity index (χ1) is 18.9. The van der Waals surface area contributed by atoms with Crippen molar-refractivity contribution in [3.05, 3.63) is 59.7 Å². The van der Waals surface area contributed by atoms with Crippen LogP contribution in [-0.2, 0) is 10.3 Å². The lowest BCUT2D eigenvalue weighted by Crippen LogP contribution is -2.54. The van der Waals surface area contributed by atoms with Crippen LogP contribution in [0.4, 0.5) is 39.9 Å². The zero-order valence-corrected chi connectivity index (χ0v) is 21.6. The topological polar surface area (TPSA) is 88.7 Å². The largest absolute Gasteiger partial charge is 0.573 e. The van der Waals surface area contributed by atoms with Gasteiger partial charge in [0.2, 0.25) is 5.91 Å². The zero-order valence-electron chi connectivity index (χ0n) is 21.6. The molecule has 41 heavy (non-hydrogen) atoms. The number of hydrogen-bond acceptors (Lipinski definition) is 4. The van der Waals surface area contributed by atoms with Crippen LogP contribution >= 0.6 is 0 Å². The zero-order chi connectivity index (χ0) is 30.5. The summed E-state index contributed by atoms with van der Waals surface area (Å²) >= 11 is 0. The van der Waals surface area contributed by atoms with E-state index in [1.54, 1.807) is 0 Å². The minimum Gasteiger partial charge on any atom is -0.406 e. The highest BCUT2D eigenvalue weighted by Gasteiger charge is 2.41. The van der Waals surface area contributed by atoms with E-state index >= 15 is 0 Å². The Morgan fingerprint density at radius 1 is 0.829 bits per heavy atom. The van der Waals surface area contributed by atoms with Gasteiger partial charge >= 0.3 is 18.8 Å². The Kier molecular flexibility index (Phi) is 9.59. The second-order valence-corrected chi connectivity index (χ2v) is 9.66. The van der Waals surface area contributed by atoms with Crippen molar-refractivity contribution >= 4 is 11.9 Å². The van der Waals surface area contributed by atoms with Gasteiger partial charge in [0.05, 0.1) is 13.0 Å². The van der Waals surface area contributed by atoms with E-state index in [1.807, 2.05) is 5.32 Å². The second-order valence-electron chi connectivity index (χ2n) is 9.66. The number of ether oxygens (including phenoxy) is 2. The third kappa shape index (κ3) is 9.97. The van der Waals surface area contributed by atoms with Crippen LogP contribution in [-0.4, -0.2) is 43.2 Å². The summed E-state index contributed by atoms with van der Waals surface area (Å²) in [6, 6.07) is 6.99. The van der Waals surface area contributed by atoms with Crippen LogP contribution in [0.25, 0.3) is 0 Å². The van der Waals surface area contributed by atoms with Gasteiger partial charge in [-0.1, -0.05) is 37.1 Å². The molecule has 226 valence electrons. The van der Waals surface area contributed by atoms with E-state index in [1.165, 1.54) is 12.1 Å². The lowest BCUT2D eigenvalue weighted by Gasteiger charge is -2.36. The normalized spacial score (nSPS) is 14.9. The molecule has 0 bridgehead atoms. The number of benzene rings is 2. The summed E-state index contributed by atoms with van der Waals surface area (Å²) in [5.41, 5.74) is -2.61.